The van der Waals surface area contributed by atoms with E-state index in [1.165, 1.54) is 45.1 Å². The lowest BCUT2D eigenvalue weighted by molar-refractivity contribution is -0.885. The molecule has 17 heavy (non-hydrogen) atoms. The molecule has 0 spiro atoms. The van der Waals surface area contributed by atoms with Gasteiger partial charge in [-0.1, -0.05) is 25.7 Å². The van der Waals surface area contributed by atoms with Gasteiger partial charge in [-0.15, -0.1) is 0 Å². The number of ketones is 1. The molecule has 2 fully saturated rings. The van der Waals surface area contributed by atoms with E-state index in [9.17, 15) is 4.79 Å². The molecule has 0 aromatic carbocycles. The van der Waals surface area contributed by atoms with E-state index in [4.69, 9.17) is 0 Å². The molecule has 0 heterocycles. The maximum absolute atomic E-state index is 12.2. The molecule has 2 heteroatoms. The highest BCUT2D eigenvalue weighted by molar-refractivity contribution is 5.82. The van der Waals surface area contributed by atoms with E-state index in [0.29, 0.717) is 11.7 Å². The average Bonchev–Trinajstić information content (AvgIpc) is 2.85. The number of hydrogen-bond acceptors (Lipinski definition) is 1. The van der Waals surface area contributed by atoms with Gasteiger partial charge < -0.3 is 4.48 Å². The number of carbonyl (C=O) groups is 1. The SMILES string of the molecule is C[N+](C)(CC(=O)C1CCCC1)CC1CCCC1. The maximum atomic E-state index is 12.2. The van der Waals surface area contributed by atoms with Crippen molar-refractivity contribution in [1.29, 1.82) is 0 Å². The van der Waals surface area contributed by atoms with Crippen LogP contribution in [0.1, 0.15) is 51.4 Å². The molecule has 0 amide bonds. The summed E-state index contributed by atoms with van der Waals surface area (Å²) >= 11 is 0. The molecule has 2 rings (SSSR count). The molecule has 0 N–H and O–H groups in total. The molecular formula is C15H28NO+. The molecule has 0 bridgehead atoms. The van der Waals surface area contributed by atoms with Crippen molar-refractivity contribution in [2.24, 2.45) is 11.8 Å². The molecule has 0 saturated heterocycles. The minimum absolute atomic E-state index is 0.399. The molecule has 2 aliphatic rings. The number of rotatable bonds is 5. The second-order valence-corrected chi connectivity index (χ2v) is 6.87. The van der Waals surface area contributed by atoms with E-state index < -0.39 is 0 Å². The number of carbonyl (C=O) groups excluding carboxylic acids is 1. The summed E-state index contributed by atoms with van der Waals surface area (Å²) in [5, 5.41) is 0. The van der Waals surface area contributed by atoms with Gasteiger partial charge >= 0.3 is 0 Å². The summed E-state index contributed by atoms with van der Waals surface area (Å²) in [6.07, 6.45) is 10.4. The third-order valence-electron chi connectivity index (χ3n) is 4.62. The van der Waals surface area contributed by atoms with Crippen LogP contribution in [0.4, 0.5) is 0 Å². The molecule has 2 saturated carbocycles. The van der Waals surface area contributed by atoms with E-state index >= 15 is 0 Å². The summed E-state index contributed by atoms with van der Waals surface area (Å²) in [4.78, 5) is 12.2. The number of hydrogen-bond donors (Lipinski definition) is 0. The van der Waals surface area contributed by atoms with Gasteiger partial charge in [0.1, 0.15) is 6.54 Å². The quantitative estimate of drug-likeness (QED) is 0.673. The zero-order chi connectivity index (χ0) is 12.3. The first-order valence-corrected chi connectivity index (χ1v) is 7.41. The van der Waals surface area contributed by atoms with Gasteiger partial charge in [0, 0.05) is 11.8 Å². The summed E-state index contributed by atoms with van der Waals surface area (Å²) in [5.41, 5.74) is 0. The van der Waals surface area contributed by atoms with Gasteiger partial charge in [0.15, 0.2) is 5.78 Å². The Balaban J connectivity index is 1.80. The monoisotopic (exact) mass is 238 g/mol. The van der Waals surface area contributed by atoms with Crippen molar-refractivity contribution in [3.05, 3.63) is 0 Å². The molecular weight excluding hydrogens is 210 g/mol. The Morgan fingerprint density at radius 3 is 2.12 bits per heavy atom. The molecule has 0 unspecified atom stereocenters. The van der Waals surface area contributed by atoms with Gasteiger partial charge in [-0.2, -0.15) is 0 Å². The molecule has 2 aliphatic carbocycles. The standard InChI is InChI=1S/C15H28NO/c1-16(2,11-13-7-3-4-8-13)12-15(17)14-9-5-6-10-14/h13-14H,3-12H2,1-2H3/q+1. The molecule has 0 radical (unpaired) electrons. The van der Waals surface area contributed by atoms with Crippen LogP contribution in [0.15, 0.2) is 0 Å². The van der Waals surface area contributed by atoms with E-state index in [1.54, 1.807) is 0 Å². The van der Waals surface area contributed by atoms with Gasteiger partial charge in [-0.3, -0.25) is 4.79 Å². The van der Waals surface area contributed by atoms with E-state index in [0.717, 1.165) is 29.8 Å². The first-order chi connectivity index (χ1) is 8.07. The lowest BCUT2D eigenvalue weighted by Crippen LogP contribution is -2.47. The second kappa shape index (κ2) is 5.51. The van der Waals surface area contributed by atoms with Crippen molar-refractivity contribution in [3.8, 4) is 0 Å². The molecule has 0 atom stereocenters. The Hall–Kier alpha value is -0.370. The predicted molar refractivity (Wildman–Crippen MR) is 70.8 cm³/mol. The fraction of sp³-hybridized carbons (Fsp3) is 0.933. The largest absolute Gasteiger partial charge is 0.322 e. The van der Waals surface area contributed by atoms with Gasteiger partial charge in [0.05, 0.1) is 20.6 Å². The predicted octanol–water partition coefficient (Wildman–Crippen LogP) is 3.01. The van der Waals surface area contributed by atoms with Gasteiger partial charge in [-0.25, -0.2) is 0 Å². The highest BCUT2D eigenvalue weighted by Gasteiger charge is 2.31. The summed E-state index contributed by atoms with van der Waals surface area (Å²) in [7, 11) is 4.48. The van der Waals surface area contributed by atoms with Crippen molar-refractivity contribution in [2.75, 3.05) is 27.2 Å². The zero-order valence-electron chi connectivity index (χ0n) is 11.6. The van der Waals surface area contributed by atoms with Crippen LogP contribution in [0.25, 0.3) is 0 Å². The first kappa shape index (κ1) is 13.1. The molecule has 0 aromatic rings. The van der Waals surface area contributed by atoms with Crippen LogP contribution in [-0.4, -0.2) is 37.5 Å². The molecule has 0 aromatic heterocycles. The van der Waals surface area contributed by atoms with E-state index in [-0.39, 0.29) is 0 Å². The van der Waals surface area contributed by atoms with Crippen LogP contribution in [0, 0.1) is 11.8 Å². The normalized spacial score (nSPS) is 23.4. The second-order valence-electron chi connectivity index (χ2n) is 6.87. The Morgan fingerprint density at radius 2 is 1.53 bits per heavy atom. The maximum Gasteiger partial charge on any atom is 0.189 e. The number of likely N-dealkylation sites (N-methyl/N-ethyl adjacent to an activating group) is 1. The zero-order valence-corrected chi connectivity index (χ0v) is 11.6. The molecule has 2 nitrogen and oxygen atoms in total. The highest BCUT2D eigenvalue weighted by Crippen LogP contribution is 2.29. The summed E-state index contributed by atoms with van der Waals surface area (Å²) in [6.45, 7) is 1.97. The lowest BCUT2D eigenvalue weighted by Gasteiger charge is -2.32. The highest BCUT2D eigenvalue weighted by atomic mass is 16.1. The first-order valence-electron chi connectivity index (χ1n) is 7.41. The number of Topliss-reactive ketones (excluding diaryl/α,β-unsaturated/α-hetero) is 1. The average molecular weight is 238 g/mol. The van der Waals surface area contributed by atoms with Crippen molar-refractivity contribution < 1.29 is 9.28 Å². The number of nitrogens with zero attached hydrogens (tertiary/aromatic N) is 1. The molecule has 98 valence electrons. The van der Waals surface area contributed by atoms with Gasteiger partial charge in [-0.05, 0) is 25.7 Å². The summed E-state index contributed by atoms with van der Waals surface area (Å²) < 4.78 is 0.917. The van der Waals surface area contributed by atoms with Crippen LogP contribution < -0.4 is 0 Å². The number of quaternary nitrogens is 1. The van der Waals surface area contributed by atoms with Crippen molar-refractivity contribution in [2.45, 2.75) is 51.4 Å². The third-order valence-corrected chi connectivity index (χ3v) is 4.62. The molecule has 0 aliphatic heterocycles. The van der Waals surface area contributed by atoms with Crippen LogP contribution in [0.2, 0.25) is 0 Å². The van der Waals surface area contributed by atoms with Gasteiger partial charge in [0.25, 0.3) is 0 Å². The van der Waals surface area contributed by atoms with Crippen molar-refractivity contribution in [1.82, 2.24) is 0 Å². The minimum Gasteiger partial charge on any atom is -0.322 e. The van der Waals surface area contributed by atoms with E-state index in [1.807, 2.05) is 0 Å². The third kappa shape index (κ3) is 3.80. The summed E-state index contributed by atoms with van der Waals surface area (Å²) in [6, 6.07) is 0. The fourth-order valence-corrected chi connectivity index (χ4v) is 3.76. The lowest BCUT2D eigenvalue weighted by atomic mass is 10.0. The van der Waals surface area contributed by atoms with Gasteiger partial charge in [0.2, 0.25) is 0 Å². The smallest absolute Gasteiger partial charge is 0.189 e. The van der Waals surface area contributed by atoms with Crippen molar-refractivity contribution in [3.63, 3.8) is 0 Å². The minimum atomic E-state index is 0.399. The Morgan fingerprint density at radius 1 is 1.00 bits per heavy atom. The fourth-order valence-electron chi connectivity index (χ4n) is 3.76. The van der Waals surface area contributed by atoms with Crippen LogP contribution in [0.3, 0.4) is 0 Å². The Labute approximate surface area is 106 Å². The van der Waals surface area contributed by atoms with Crippen LogP contribution in [0.5, 0.6) is 0 Å². The Kier molecular flexibility index (Phi) is 4.24. The van der Waals surface area contributed by atoms with Crippen LogP contribution in [-0.2, 0) is 4.79 Å². The topological polar surface area (TPSA) is 17.1 Å². The summed E-state index contributed by atoms with van der Waals surface area (Å²) in [5.74, 6) is 1.81. The Bertz CT molecular complexity index is 260. The van der Waals surface area contributed by atoms with E-state index in [2.05, 4.69) is 14.1 Å². The van der Waals surface area contributed by atoms with Crippen molar-refractivity contribution >= 4 is 5.78 Å². The van der Waals surface area contributed by atoms with Crippen LogP contribution >= 0.6 is 0 Å².